The third-order valence-corrected chi connectivity index (χ3v) is 2.79. The molecule has 0 rings (SSSR count). The van der Waals surface area contributed by atoms with Crippen molar-refractivity contribution in [3.8, 4) is 0 Å². The number of amides is 1. The first kappa shape index (κ1) is 15.9. The van der Waals surface area contributed by atoms with Crippen molar-refractivity contribution in [1.29, 1.82) is 0 Å². The summed E-state index contributed by atoms with van der Waals surface area (Å²) in [6.07, 6.45) is 1.69. The topological polar surface area (TPSA) is 60.9 Å². The lowest BCUT2D eigenvalue weighted by Crippen LogP contribution is -2.39. The third-order valence-electron chi connectivity index (χ3n) is 2.79. The predicted molar refractivity (Wildman–Crippen MR) is 66.8 cm³/mol. The van der Waals surface area contributed by atoms with Gasteiger partial charge < -0.3 is 14.9 Å². The predicted octanol–water partition coefficient (Wildman–Crippen LogP) is 0.896. The highest BCUT2D eigenvalue weighted by Crippen LogP contribution is 2.09. The van der Waals surface area contributed by atoms with E-state index in [2.05, 4.69) is 25.7 Å². The van der Waals surface area contributed by atoms with E-state index in [1.54, 1.807) is 0 Å². The van der Waals surface area contributed by atoms with Crippen LogP contribution in [0.1, 0.15) is 27.2 Å². The molecule has 0 heterocycles. The van der Waals surface area contributed by atoms with Gasteiger partial charge in [0.05, 0.1) is 0 Å². The molecular formula is C12H24N2O3. The SMILES string of the molecule is CC(C)CC(C)N(C)CCN(C=O)CC(=O)O. The van der Waals surface area contributed by atoms with Crippen LogP contribution < -0.4 is 0 Å². The Morgan fingerprint density at radius 1 is 1.29 bits per heavy atom. The van der Waals surface area contributed by atoms with E-state index in [0.29, 0.717) is 31.5 Å². The molecule has 0 spiro atoms. The minimum Gasteiger partial charge on any atom is -0.480 e. The van der Waals surface area contributed by atoms with Gasteiger partial charge in [0.1, 0.15) is 6.54 Å². The van der Waals surface area contributed by atoms with Gasteiger partial charge in [-0.15, -0.1) is 0 Å². The Labute approximate surface area is 103 Å². The number of rotatable bonds is 9. The molecule has 0 bridgehead atoms. The highest BCUT2D eigenvalue weighted by atomic mass is 16.4. The highest BCUT2D eigenvalue weighted by Gasteiger charge is 2.13. The van der Waals surface area contributed by atoms with Crippen molar-refractivity contribution in [2.45, 2.75) is 33.2 Å². The summed E-state index contributed by atoms with van der Waals surface area (Å²) in [7, 11) is 2.00. The molecule has 1 N–H and O–H groups in total. The van der Waals surface area contributed by atoms with Crippen LogP contribution in [-0.2, 0) is 9.59 Å². The van der Waals surface area contributed by atoms with Gasteiger partial charge in [0.2, 0.25) is 6.41 Å². The lowest BCUT2D eigenvalue weighted by molar-refractivity contribution is -0.140. The van der Waals surface area contributed by atoms with Crippen molar-refractivity contribution < 1.29 is 14.7 Å². The fourth-order valence-corrected chi connectivity index (χ4v) is 1.71. The molecule has 1 atom stereocenters. The molecule has 1 unspecified atom stereocenters. The maximum absolute atomic E-state index is 10.6. The van der Waals surface area contributed by atoms with E-state index in [1.807, 2.05) is 7.05 Å². The second kappa shape index (κ2) is 8.06. The highest BCUT2D eigenvalue weighted by molar-refractivity contribution is 5.71. The van der Waals surface area contributed by atoms with Crippen molar-refractivity contribution >= 4 is 12.4 Å². The maximum Gasteiger partial charge on any atom is 0.323 e. The Balaban J connectivity index is 3.98. The number of nitrogens with zero attached hydrogens (tertiary/aromatic N) is 2. The number of carboxylic acids is 1. The lowest BCUT2D eigenvalue weighted by Gasteiger charge is -2.27. The molecule has 100 valence electrons. The molecule has 17 heavy (non-hydrogen) atoms. The van der Waals surface area contributed by atoms with Gasteiger partial charge in [0.15, 0.2) is 0 Å². The van der Waals surface area contributed by atoms with Crippen molar-refractivity contribution in [1.82, 2.24) is 9.80 Å². The molecule has 0 aliphatic carbocycles. The molecule has 1 amide bonds. The molecule has 0 saturated heterocycles. The lowest BCUT2D eigenvalue weighted by atomic mass is 10.0. The molecule has 0 aliphatic rings. The summed E-state index contributed by atoms with van der Waals surface area (Å²) in [6.45, 7) is 7.41. The van der Waals surface area contributed by atoms with Crippen LogP contribution in [0.25, 0.3) is 0 Å². The molecule has 0 aliphatic heterocycles. The minimum absolute atomic E-state index is 0.226. The van der Waals surface area contributed by atoms with E-state index in [-0.39, 0.29) is 6.54 Å². The number of carbonyl (C=O) groups is 2. The van der Waals surface area contributed by atoms with E-state index in [0.717, 1.165) is 6.42 Å². The van der Waals surface area contributed by atoms with Crippen molar-refractivity contribution in [3.63, 3.8) is 0 Å². The molecule has 0 aromatic heterocycles. The number of hydrogen-bond acceptors (Lipinski definition) is 3. The van der Waals surface area contributed by atoms with Gasteiger partial charge in [-0.3, -0.25) is 9.59 Å². The summed E-state index contributed by atoms with van der Waals surface area (Å²) in [5.74, 6) is -0.344. The summed E-state index contributed by atoms with van der Waals surface area (Å²) in [5.41, 5.74) is 0. The summed E-state index contributed by atoms with van der Waals surface area (Å²) in [4.78, 5) is 24.6. The minimum atomic E-state index is -0.977. The van der Waals surface area contributed by atoms with Gasteiger partial charge in [-0.25, -0.2) is 0 Å². The zero-order valence-corrected chi connectivity index (χ0v) is 11.2. The molecule has 0 saturated carbocycles. The molecule has 0 radical (unpaired) electrons. The number of hydrogen-bond donors (Lipinski definition) is 1. The van der Waals surface area contributed by atoms with Crippen LogP contribution in [0.2, 0.25) is 0 Å². The molecule has 0 aromatic rings. The zero-order chi connectivity index (χ0) is 13.4. The van der Waals surface area contributed by atoms with Gasteiger partial charge >= 0.3 is 5.97 Å². The van der Waals surface area contributed by atoms with Crippen LogP contribution in [0.5, 0.6) is 0 Å². The Morgan fingerprint density at radius 3 is 2.29 bits per heavy atom. The summed E-state index contributed by atoms with van der Waals surface area (Å²) in [5, 5.41) is 8.59. The number of carbonyl (C=O) groups excluding carboxylic acids is 1. The largest absolute Gasteiger partial charge is 0.480 e. The summed E-state index contributed by atoms with van der Waals surface area (Å²) < 4.78 is 0. The Bertz CT molecular complexity index is 244. The standard InChI is InChI=1S/C12H24N2O3/c1-10(2)7-11(3)13(4)5-6-14(9-15)8-12(16)17/h9-11H,5-8H2,1-4H3,(H,16,17). The fraction of sp³-hybridized carbons (Fsp3) is 0.833. The van der Waals surface area contributed by atoms with E-state index >= 15 is 0 Å². The average molecular weight is 244 g/mol. The van der Waals surface area contributed by atoms with Gasteiger partial charge in [-0.1, -0.05) is 13.8 Å². The Kier molecular flexibility index (Phi) is 7.54. The zero-order valence-electron chi connectivity index (χ0n) is 11.2. The molecule has 5 nitrogen and oxygen atoms in total. The second-order valence-corrected chi connectivity index (χ2v) is 4.93. The van der Waals surface area contributed by atoms with Gasteiger partial charge in [0.25, 0.3) is 0 Å². The quantitative estimate of drug-likeness (QED) is 0.612. The van der Waals surface area contributed by atoms with Crippen LogP contribution in [0.3, 0.4) is 0 Å². The monoisotopic (exact) mass is 244 g/mol. The first-order chi connectivity index (χ1) is 7.86. The maximum atomic E-state index is 10.6. The Hall–Kier alpha value is -1.10. The van der Waals surface area contributed by atoms with Crippen LogP contribution >= 0.6 is 0 Å². The smallest absolute Gasteiger partial charge is 0.323 e. The van der Waals surface area contributed by atoms with Crippen LogP contribution in [0.4, 0.5) is 0 Å². The Morgan fingerprint density at radius 2 is 1.88 bits per heavy atom. The average Bonchev–Trinajstić information content (AvgIpc) is 2.22. The molecule has 5 heteroatoms. The molecular weight excluding hydrogens is 220 g/mol. The number of carboxylic acid groups (broad SMARTS) is 1. The van der Waals surface area contributed by atoms with Crippen LogP contribution in [-0.4, -0.2) is 60.0 Å². The first-order valence-electron chi connectivity index (χ1n) is 5.98. The van der Waals surface area contributed by atoms with Gasteiger partial charge in [0, 0.05) is 19.1 Å². The number of likely N-dealkylation sites (N-methyl/N-ethyl adjacent to an activating group) is 1. The number of aliphatic carboxylic acids is 1. The second-order valence-electron chi connectivity index (χ2n) is 4.93. The van der Waals surface area contributed by atoms with Gasteiger partial charge in [-0.2, -0.15) is 0 Å². The van der Waals surface area contributed by atoms with Crippen molar-refractivity contribution in [3.05, 3.63) is 0 Å². The fourth-order valence-electron chi connectivity index (χ4n) is 1.71. The van der Waals surface area contributed by atoms with E-state index in [4.69, 9.17) is 5.11 Å². The molecule has 0 fully saturated rings. The van der Waals surface area contributed by atoms with E-state index in [9.17, 15) is 9.59 Å². The first-order valence-corrected chi connectivity index (χ1v) is 5.98. The normalized spacial score (nSPS) is 12.8. The van der Waals surface area contributed by atoms with Gasteiger partial charge in [-0.05, 0) is 26.3 Å². The summed E-state index contributed by atoms with van der Waals surface area (Å²) in [6, 6.07) is 0.438. The third kappa shape index (κ3) is 7.74. The van der Waals surface area contributed by atoms with Crippen LogP contribution in [0.15, 0.2) is 0 Å². The van der Waals surface area contributed by atoms with Crippen LogP contribution in [0, 0.1) is 5.92 Å². The van der Waals surface area contributed by atoms with Crippen molar-refractivity contribution in [2.24, 2.45) is 5.92 Å². The molecule has 0 aromatic carbocycles. The van der Waals surface area contributed by atoms with Crippen molar-refractivity contribution in [2.75, 3.05) is 26.7 Å². The summed E-state index contributed by atoms with van der Waals surface area (Å²) >= 11 is 0. The van der Waals surface area contributed by atoms with E-state index in [1.165, 1.54) is 4.90 Å². The van der Waals surface area contributed by atoms with E-state index < -0.39 is 5.97 Å².